The molecular weight excluding hydrogens is 551 g/mol. The van der Waals surface area contributed by atoms with Crippen LogP contribution in [-0.2, 0) is 42.9 Å². The number of carbonyl (C=O) groups is 1. The summed E-state index contributed by atoms with van der Waals surface area (Å²) in [5.41, 5.74) is 4.53. The number of oxime groups is 1. The number of rotatable bonds is 13. The van der Waals surface area contributed by atoms with Gasteiger partial charge in [-0.25, -0.2) is 4.98 Å². The van der Waals surface area contributed by atoms with E-state index in [1.165, 1.54) is 0 Å². The van der Waals surface area contributed by atoms with E-state index in [2.05, 4.69) is 29.6 Å². The average molecular weight is 589 g/mol. The molecule has 3 aromatic carbocycles. The topological polar surface area (TPSA) is 95.2 Å². The number of aryl methyl sites for hydroxylation is 1. The minimum Gasteiger partial charge on any atom is -0.390 e. The summed E-state index contributed by atoms with van der Waals surface area (Å²) in [7, 11) is -3.36. The van der Waals surface area contributed by atoms with Crippen molar-refractivity contribution in [3.05, 3.63) is 89.7 Å². The second-order valence-corrected chi connectivity index (χ2v) is 12.5. The molecule has 0 N–H and O–H groups in total. The van der Waals surface area contributed by atoms with Gasteiger partial charge in [0.2, 0.25) is 0 Å². The Bertz CT molecular complexity index is 1620. The van der Waals surface area contributed by atoms with E-state index in [0.717, 1.165) is 46.6 Å². The Hall–Kier alpha value is -3.78. The quantitative estimate of drug-likeness (QED) is 0.132. The lowest BCUT2D eigenvalue weighted by Gasteiger charge is -2.18. The van der Waals surface area contributed by atoms with Gasteiger partial charge in [0.1, 0.15) is 12.4 Å². The van der Waals surface area contributed by atoms with Crippen molar-refractivity contribution in [2.75, 3.05) is 18.1 Å². The van der Waals surface area contributed by atoms with Gasteiger partial charge in [0.25, 0.3) is 5.91 Å². The summed E-state index contributed by atoms with van der Waals surface area (Å²) < 4.78 is 26.1. The lowest BCUT2D eigenvalue weighted by atomic mass is 10.1. The van der Waals surface area contributed by atoms with Crippen LogP contribution >= 0.6 is 7.60 Å². The molecule has 0 unspecified atom stereocenters. The number of benzene rings is 3. The number of anilines is 1. The summed E-state index contributed by atoms with van der Waals surface area (Å²) in [6.07, 6.45) is 1.01. The minimum absolute atomic E-state index is 0.137. The first kappa shape index (κ1) is 29.7. The Morgan fingerprint density at radius 3 is 2.33 bits per heavy atom. The summed E-state index contributed by atoms with van der Waals surface area (Å²) in [5, 5.41) is 4.76. The van der Waals surface area contributed by atoms with E-state index in [1.54, 1.807) is 43.0 Å². The second-order valence-electron chi connectivity index (χ2n) is 10.5. The number of aromatic nitrogens is 2. The number of para-hydroxylation sites is 3. The largest absolute Gasteiger partial charge is 0.390 e. The van der Waals surface area contributed by atoms with Gasteiger partial charge in [-0.05, 0) is 62.1 Å². The fraction of sp³-hybridized carbons (Fsp3) is 0.344. The second kappa shape index (κ2) is 13.0. The summed E-state index contributed by atoms with van der Waals surface area (Å²) in [6.45, 7) is 9.81. The Morgan fingerprint density at radius 1 is 0.929 bits per heavy atom. The maximum absolute atomic E-state index is 13.7. The number of hydrogen-bond donors (Lipinski definition) is 0. The molecule has 0 radical (unpaired) electrons. The number of fused-ring (bicyclic) bond motifs is 2. The predicted octanol–water partition coefficient (Wildman–Crippen LogP) is 6.44. The van der Waals surface area contributed by atoms with Gasteiger partial charge in [-0.15, -0.1) is 0 Å². The molecule has 1 aromatic heterocycles. The molecule has 0 fully saturated rings. The van der Waals surface area contributed by atoms with Crippen LogP contribution in [0.25, 0.3) is 11.0 Å². The van der Waals surface area contributed by atoms with E-state index in [0.29, 0.717) is 17.8 Å². The maximum Gasteiger partial charge on any atom is 0.361 e. The fourth-order valence-corrected chi connectivity index (χ4v) is 6.57. The van der Waals surface area contributed by atoms with Crippen LogP contribution in [0, 0.1) is 5.92 Å². The van der Waals surface area contributed by atoms with Crippen LogP contribution in [-0.4, -0.2) is 34.4 Å². The first-order valence-corrected chi connectivity index (χ1v) is 15.9. The van der Waals surface area contributed by atoms with Crippen molar-refractivity contribution in [1.29, 1.82) is 0 Å². The molecule has 1 aliphatic rings. The zero-order valence-electron chi connectivity index (χ0n) is 24.5. The Kier molecular flexibility index (Phi) is 9.21. The van der Waals surface area contributed by atoms with Gasteiger partial charge in [0, 0.05) is 12.1 Å². The van der Waals surface area contributed by atoms with Crippen molar-refractivity contribution < 1.29 is 23.2 Å². The maximum atomic E-state index is 13.7. The van der Waals surface area contributed by atoms with Gasteiger partial charge in [0.15, 0.2) is 5.71 Å². The zero-order valence-corrected chi connectivity index (χ0v) is 25.4. The van der Waals surface area contributed by atoms with Crippen LogP contribution in [0.1, 0.15) is 51.1 Å². The summed E-state index contributed by atoms with van der Waals surface area (Å²) in [6, 6.07) is 22.7. The molecule has 220 valence electrons. The zero-order chi connectivity index (χ0) is 29.7. The average Bonchev–Trinajstić information content (AvgIpc) is 3.47. The molecule has 1 amide bonds. The van der Waals surface area contributed by atoms with Crippen LogP contribution in [0.4, 0.5) is 5.69 Å². The number of imidazole rings is 1. The SMILES string of the molecule is CCOP(=O)(OCC)c1ccc(CO/N=C2/C(=O)N(Cc3nc4ccccc4n3CCC(C)C)c3ccccc32)cc1. The van der Waals surface area contributed by atoms with Gasteiger partial charge < -0.3 is 18.5 Å². The van der Waals surface area contributed by atoms with E-state index >= 15 is 0 Å². The van der Waals surface area contributed by atoms with E-state index in [1.807, 2.05) is 42.5 Å². The number of amides is 1. The van der Waals surface area contributed by atoms with E-state index < -0.39 is 7.60 Å². The molecule has 0 atom stereocenters. The molecule has 0 spiro atoms. The predicted molar refractivity (Wildman–Crippen MR) is 165 cm³/mol. The number of carbonyl (C=O) groups excluding carboxylic acids is 1. The minimum atomic E-state index is -3.36. The van der Waals surface area contributed by atoms with Gasteiger partial charge in [-0.1, -0.05) is 61.5 Å². The highest BCUT2D eigenvalue weighted by atomic mass is 31.2. The molecule has 0 bridgehead atoms. The molecule has 9 nitrogen and oxygen atoms in total. The molecule has 2 heterocycles. The van der Waals surface area contributed by atoms with Gasteiger partial charge in [0.05, 0.1) is 41.8 Å². The van der Waals surface area contributed by atoms with Crippen LogP contribution in [0.5, 0.6) is 0 Å². The summed E-state index contributed by atoms with van der Waals surface area (Å²) in [4.78, 5) is 26.0. The third-order valence-corrected chi connectivity index (χ3v) is 9.23. The third-order valence-electron chi connectivity index (χ3n) is 7.10. The van der Waals surface area contributed by atoms with Crippen LogP contribution in [0.15, 0.2) is 78.0 Å². The smallest absolute Gasteiger partial charge is 0.361 e. The molecule has 42 heavy (non-hydrogen) atoms. The van der Waals surface area contributed by atoms with Crippen LogP contribution in [0.2, 0.25) is 0 Å². The normalized spacial score (nSPS) is 14.4. The molecular formula is C32H37N4O5P. The fourth-order valence-electron chi connectivity index (χ4n) is 5.00. The van der Waals surface area contributed by atoms with Crippen molar-refractivity contribution in [2.24, 2.45) is 11.1 Å². The standard InChI is InChI=1S/C32H37N4O5P/c1-5-40-42(38,41-6-2)25-17-15-24(16-18-25)22-39-34-31-26-11-7-9-13-28(26)36(32(31)37)21-30-33-27-12-8-10-14-29(27)35(30)20-19-23(3)4/h7-18,23H,5-6,19-22H2,1-4H3/b34-31+. The van der Waals surface area contributed by atoms with E-state index in [9.17, 15) is 9.36 Å². The molecule has 10 heteroatoms. The lowest BCUT2D eigenvalue weighted by Crippen LogP contribution is -2.31. The molecule has 5 rings (SSSR count). The summed E-state index contributed by atoms with van der Waals surface area (Å²) in [5.74, 6) is 1.14. The Balaban J connectivity index is 1.35. The number of hydrogen-bond acceptors (Lipinski definition) is 7. The van der Waals surface area contributed by atoms with Crippen molar-refractivity contribution in [2.45, 2.75) is 53.8 Å². The van der Waals surface area contributed by atoms with Gasteiger partial charge in [-0.3, -0.25) is 14.3 Å². The highest BCUT2D eigenvalue weighted by Gasteiger charge is 2.35. The monoisotopic (exact) mass is 588 g/mol. The van der Waals surface area contributed by atoms with E-state index in [4.69, 9.17) is 18.9 Å². The lowest BCUT2D eigenvalue weighted by molar-refractivity contribution is -0.112. The highest BCUT2D eigenvalue weighted by Crippen LogP contribution is 2.46. The third kappa shape index (κ3) is 6.19. The molecule has 4 aromatic rings. The molecule has 0 saturated carbocycles. The Labute approximate surface area is 246 Å². The van der Waals surface area contributed by atoms with Crippen molar-refractivity contribution in [3.8, 4) is 0 Å². The van der Waals surface area contributed by atoms with Crippen LogP contribution < -0.4 is 10.2 Å². The first-order valence-electron chi connectivity index (χ1n) is 14.4. The van der Waals surface area contributed by atoms with Gasteiger partial charge >= 0.3 is 7.60 Å². The van der Waals surface area contributed by atoms with Crippen molar-refractivity contribution in [3.63, 3.8) is 0 Å². The molecule has 0 aliphatic carbocycles. The summed E-state index contributed by atoms with van der Waals surface area (Å²) >= 11 is 0. The van der Waals surface area contributed by atoms with E-state index in [-0.39, 0.29) is 31.4 Å². The number of nitrogens with zero attached hydrogens (tertiary/aromatic N) is 4. The van der Waals surface area contributed by atoms with Crippen molar-refractivity contribution >= 4 is 41.2 Å². The van der Waals surface area contributed by atoms with Gasteiger partial charge in [-0.2, -0.15) is 0 Å². The first-order chi connectivity index (χ1) is 20.3. The molecule has 0 saturated heterocycles. The Morgan fingerprint density at radius 2 is 1.62 bits per heavy atom. The van der Waals surface area contributed by atoms with Crippen LogP contribution in [0.3, 0.4) is 0 Å². The highest BCUT2D eigenvalue weighted by molar-refractivity contribution is 7.62. The molecule has 1 aliphatic heterocycles. The van der Waals surface area contributed by atoms with Crippen molar-refractivity contribution in [1.82, 2.24) is 9.55 Å².